The number of nitrogens with one attached hydrogen (secondary N) is 1. The van der Waals surface area contributed by atoms with Crippen LogP contribution in [-0.4, -0.2) is 24.5 Å². The van der Waals surface area contributed by atoms with Crippen molar-refractivity contribution in [3.63, 3.8) is 0 Å². The summed E-state index contributed by atoms with van der Waals surface area (Å²) in [4.78, 5) is 22.1. The molecule has 0 aliphatic carbocycles. The van der Waals surface area contributed by atoms with Gasteiger partial charge < -0.3 is 14.8 Å². The summed E-state index contributed by atoms with van der Waals surface area (Å²) in [6.07, 6.45) is 0. The summed E-state index contributed by atoms with van der Waals surface area (Å²) in [6.45, 7) is -0.272. The first kappa shape index (κ1) is 16.6. The molecule has 0 saturated carbocycles. The summed E-state index contributed by atoms with van der Waals surface area (Å²) in [5, 5.41) is 13.8. The van der Waals surface area contributed by atoms with E-state index in [0.717, 1.165) is 0 Å². The van der Waals surface area contributed by atoms with Crippen molar-refractivity contribution >= 4 is 28.9 Å². The number of nitro groups is 1. The number of halogens is 1. The third-order valence-electron chi connectivity index (χ3n) is 2.87. The number of carbonyl (C=O) groups is 1. The van der Waals surface area contributed by atoms with E-state index in [0.29, 0.717) is 10.7 Å². The summed E-state index contributed by atoms with van der Waals surface area (Å²) in [6, 6.07) is 10.8. The summed E-state index contributed by atoms with van der Waals surface area (Å²) in [5.41, 5.74) is 0.296. The number of hydrogen-bond donors (Lipinski definition) is 1. The monoisotopic (exact) mass is 336 g/mol. The fourth-order valence-corrected chi connectivity index (χ4v) is 1.98. The van der Waals surface area contributed by atoms with Crippen LogP contribution in [0.25, 0.3) is 0 Å². The maximum Gasteiger partial charge on any atom is 0.311 e. The fourth-order valence-electron chi connectivity index (χ4n) is 1.80. The van der Waals surface area contributed by atoms with Crippen LogP contribution in [0.4, 0.5) is 11.4 Å². The topological polar surface area (TPSA) is 90.7 Å². The Morgan fingerprint density at radius 3 is 2.70 bits per heavy atom. The molecule has 0 radical (unpaired) electrons. The number of nitrogens with zero attached hydrogens (tertiary/aromatic N) is 1. The highest BCUT2D eigenvalue weighted by Crippen LogP contribution is 2.30. The minimum Gasteiger partial charge on any atom is -0.490 e. The zero-order valence-electron chi connectivity index (χ0n) is 12.1. The molecule has 2 aromatic carbocycles. The molecule has 23 heavy (non-hydrogen) atoms. The quantitative estimate of drug-likeness (QED) is 0.645. The molecule has 1 N–H and O–H groups in total. The van der Waals surface area contributed by atoms with Crippen LogP contribution in [0, 0.1) is 10.1 Å². The SMILES string of the molecule is COc1cc(OCC(=O)Nc2ccccc2Cl)ccc1[N+](=O)[O-]. The molecule has 0 heterocycles. The second kappa shape index (κ2) is 7.46. The van der Waals surface area contributed by atoms with Gasteiger partial charge in [-0.25, -0.2) is 0 Å². The Hall–Kier alpha value is -2.80. The predicted octanol–water partition coefficient (Wildman–Crippen LogP) is 3.27. The number of methoxy groups -OCH3 is 1. The number of nitro benzene ring substituents is 1. The smallest absolute Gasteiger partial charge is 0.311 e. The summed E-state index contributed by atoms with van der Waals surface area (Å²) >= 11 is 5.94. The second-order valence-electron chi connectivity index (χ2n) is 4.41. The van der Waals surface area contributed by atoms with Crippen LogP contribution in [0.15, 0.2) is 42.5 Å². The second-order valence-corrected chi connectivity index (χ2v) is 4.81. The van der Waals surface area contributed by atoms with Crippen molar-refractivity contribution in [1.29, 1.82) is 0 Å². The lowest BCUT2D eigenvalue weighted by Crippen LogP contribution is -2.20. The van der Waals surface area contributed by atoms with Gasteiger partial charge in [-0.05, 0) is 18.2 Å². The molecule has 0 aliphatic heterocycles. The van der Waals surface area contributed by atoms with Gasteiger partial charge in [-0.1, -0.05) is 23.7 Å². The number of amides is 1. The van der Waals surface area contributed by atoms with Crippen molar-refractivity contribution in [3.8, 4) is 11.5 Å². The van der Waals surface area contributed by atoms with E-state index < -0.39 is 10.8 Å². The number of benzene rings is 2. The van der Waals surface area contributed by atoms with Gasteiger partial charge in [-0.15, -0.1) is 0 Å². The van der Waals surface area contributed by atoms with Crippen molar-refractivity contribution in [1.82, 2.24) is 0 Å². The van der Waals surface area contributed by atoms with Gasteiger partial charge in [0.05, 0.1) is 22.7 Å². The Balaban J connectivity index is 1.99. The molecule has 0 unspecified atom stereocenters. The van der Waals surface area contributed by atoms with Crippen LogP contribution in [0.5, 0.6) is 11.5 Å². The maximum absolute atomic E-state index is 11.8. The van der Waals surface area contributed by atoms with Crippen molar-refractivity contribution < 1.29 is 19.2 Å². The van der Waals surface area contributed by atoms with Crippen LogP contribution < -0.4 is 14.8 Å². The number of ether oxygens (including phenoxy) is 2. The molecule has 8 heteroatoms. The lowest BCUT2D eigenvalue weighted by Gasteiger charge is -2.09. The number of rotatable bonds is 6. The Kier molecular flexibility index (Phi) is 5.37. The predicted molar refractivity (Wildman–Crippen MR) is 85.2 cm³/mol. The van der Waals surface area contributed by atoms with Crippen LogP contribution in [0.2, 0.25) is 5.02 Å². The van der Waals surface area contributed by atoms with Crippen LogP contribution in [0.3, 0.4) is 0 Å². The van der Waals surface area contributed by atoms with Crippen LogP contribution in [0.1, 0.15) is 0 Å². The summed E-state index contributed by atoms with van der Waals surface area (Å²) in [7, 11) is 1.32. The normalized spacial score (nSPS) is 10.0. The minimum absolute atomic E-state index is 0.0546. The summed E-state index contributed by atoms with van der Waals surface area (Å²) < 4.78 is 10.2. The Labute approximate surface area is 136 Å². The molecule has 0 spiro atoms. The number of carbonyl (C=O) groups excluding carboxylic acids is 1. The average Bonchev–Trinajstić information content (AvgIpc) is 2.54. The Morgan fingerprint density at radius 2 is 2.04 bits per heavy atom. The molecule has 2 rings (SSSR count). The molecular formula is C15H13ClN2O5. The van der Waals surface area contributed by atoms with E-state index in [2.05, 4.69) is 5.32 Å². The van der Waals surface area contributed by atoms with Gasteiger partial charge in [0, 0.05) is 12.1 Å². The van der Waals surface area contributed by atoms with E-state index >= 15 is 0 Å². The summed E-state index contributed by atoms with van der Waals surface area (Å²) in [5.74, 6) is -0.0730. The zero-order valence-corrected chi connectivity index (χ0v) is 12.9. The van der Waals surface area contributed by atoms with Gasteiger partial charge in [-0.2, -0.15) is 0 Å². The first-order valence-electron chi connectivity index (χ1n) is 6.51. The largest absolute Gasteiger partial charge is 0.490 e. The van der Waals surface area contributed by atoms with Crippen molar-refractivity contribution in [2.24, 2.45) is 0 Å². The zero-order chi connectivity index (χ0) is 16.8. The molecule has 1 amide bonds. The van der Waals surface area contributed by atoms with Gasteiger partial charge in [0.15, 0.2) is 6.61 Å². The van der Waals surface area contributed by atoms with Gasteiger partial charge in [0.1, 0.15) is 5.75 Å². The molecule has 0 aromatic heterocycles. The van der Waals surface area contributed by atoms with E-state index in [4.69, 9.17) is 21.1 Å². The lowest BCUT2D eigenvalue weighted by molar-refractivity contribution is -0.385. The van der Waals surface area contributed by atoms with E-state index in [1.807, 2.05) is 0 Å². The molecular weight excluding hydrogens is 324 g/mol. The highest BCUT2D eigenvalue weighted by molar-refractivity contribution is 6.33. The highest BCUT2D eigenvalue weighted by atomic mass is 35.5. The number of hydrogen-bond acceptors (Lipinski definition) is 5. The highest BCUT2D eigenvalue weighted by Gasteiger charge is 2.15. The first-order chi connectivity index (χ1) is 11.0. The van der Waals surface area contributed by atoms with Crippen molar-refractivity contribution in [2.75, 3.05) is 19.0 Å². The minimum atomic E-state index is -0.563. The maximum atomic E-state index is 11.8. The third kappa shape index (κ3) is 4.33. The van der Waals surface area contributed by atoms with Crippen molar-refractivity contribution in [2.45, 2.75) is 0 Å². The number of para-hydroxylation sites is 1. The van der Waals surface area contributed by atoms with E-state index in [1.54, 1.807) is 24.3 Å². The van der Waals surface area contributed by atoms with Crippen molar-refractivity contribution in [3.05, 3.63) is 57.6 Å². The Bertz CT molecular complexity index is 736. The van der Waals surface area contributed by atoms with Crippen LogP contribution in [-0.2, 0) is 4.79 Å². The molecule has 7 nitrogen and oxygen atoms in total. The molecule has 120 valence electrons. The van der Waals surface area contributed by atoms with E-state index in [9.17, 15) is 14.9 Å². The molecule has 0 saturated heterocycles. The van der Waals surface area contributed by atoms with Crippen LogP contribution >= 0.6 is 11.6 Å². The number of anilines is 1. The molecule has 0 atom stereocenters. The van der Waals surface area contributed by atoms with Gasteiger partial charge in [0.25, 0.3) is 5.91 Å². The fraction of sp³-hybridized carbons (Fsp3) is 0.133. The molecule has 2 aromatic rings. The molecule has 0 aliphatic rings. The van der Waals surface area contributed by atoms with Gasteiger partial charge in [0.2, 0.25) is 5.75 Å². The van der Waals surface area contributed by atoms with Gasteiger partial charge >= 0.3 is 5.69 Å². The van der Waals surface area contributed by atoms with E-state index in [1.165, 1.54) is 25.3 Å². The standard InChI is InChI=1S/C15H13ClN2O5/c1-22-14-8-10(6-7-13(14)18(20)21)23-9-15(19)17-12-5-3-2-4-11(12)16/h2-8H,9H2,1H3,(H,17,19). The molecule has 0 fully saturated rings. The first-order valence-corrected chi connectivity index (χ1v) is 6.88. The van der Waals surface area contributed by atoms with Gasteiger partial charge in [-0.3, -0.25) is 14.9 Å². The lowest BCUT2D eigenvalue weighted by atomic mass is 10.3. The third-order valence-corrected chi connectivity index (χ3v) is 3.20. The van der Waals surface area contributed by atoms with E-state index in [-0.39, 0.29) is 23.8 Å². The molecule has 0 bridgehead atoms. The average molecular weight is 337 g/mol. The Morgan fingerprint density at radius 1 is 1.30 bits per heavy atom.